The van der Waals surface area contributed by atoms with E-state index < -0.39 is 0 Å². The molecule has 0 saturated carbocycles. The molecule has 2 N–H and O–H groups in total. The van der Waals surface area contributed by atoms with E-state index in [1.807, 2.05) is 18.2 Å². The van der Waals surface area contributed by atoms with Crippen LogP contribution in [-0.2, 0) is 9.53 Å². The lowest BCUT2D eigenvalue weighted by atomic mass is 10.1. The summed E-state index contributed by atoms with van der Waals surface area (Å²) >= 11 is 0. The summed E-state index contributed by atoms with van der Waals surface area (Å²) < 4.78 is 5.09. The molecule has 0 aromatic heterocycles. The number of nitrogens with one attached hydrogen (secondary N) is 2. The Balaban J connectivity index is 2.59. The molecule has 27 heavy (non-hydrogen) atoms. The van der Waals surface area contributed by atoms with Crippen molar-refractivity contribution in [3.63, 3.8) is 0 Å². The van der Waals surface area contributed by atoms with Gasteiger partial charge < -0.3 is 25.2 Å². The van der Waals surface area contributed by atoms with Crippen molar-refractivity contribution < 1.29 is 9.53 Å². The number of guanidine groups is 1. The molecule has 0 heterocycles. The number of aliphatic imine (C=N–C) groups is 1. The third kappa shape index (κ3) is 9.96. The largest absolute Gasteiger partial charge is 0.385 e. The van der Waals surface area contributed by atoms with Gasteiger partial charge in [-0.15, -0.1) is 0 Å². The highest BCUT2D eigenvalue weighted by Gasteiger charge is 2.09. The van der Waals surface area contributed by atoms with Crippen molar-refractivity contribution in [1.29, 1.82) is 0 Å². The number of likely N-dealkylation sites (N-methyl/N-ethyl adjacent to an activating group) is 2. The molecule has 0 spiro atoms. The molecule has 0 aliphatic heterocycles. The smallest absolute Gasteiger partial charge is 0.243 e. The first-order valence-electron chi connectivity index (χ1n) is 9.41. The van der Waals surface area contributed by atoms with Crippen LogP contribution in [0.4, 0.5) is 0 Å². The van der Waals surface area contributed by atoms with Crippen LogP contribution in [0.5, 0.6) is 0 Å². The van der Waals surface area contributed by atoms with Crippen LogP contribution < -0.4 is 10.6 Å². The molecule has 7 heteroatoms. The Bertz CT molecular complexity index is 563. The Morgan fingerprint density at radius 3 is 2.52 bits per heavy atom. The summed E-state index contributed by atoms with van der Waals surface area (Å²) in [5.74, 6) is 0.618. The molecule has 1 amide bonds. The van der Waals surface area contributed by atoms with Gasteiger partial charge in [0.25, 0.3) is 0 Å². The topological polar surface area (TPSA) is 69.2 Å². The molecule has 7 nitrogen and oxygen atoms in total. The van der Waals surface area contributed by atoms with E-state index in [0.717, 1.165) is 32.7 Å². The molecule has 0 radical (unpaired) electrons. The van der Waals surface area contributed by atoms with Gasteiger partial charge in [-0.3, -0.25) is 4.79 Å². The Labute approximate surface area is 163 Å². The van der Waals surface area contributed by atoms with Gasteiger partial charge in [-0.05, 0) is 26.0 Å². The summed E-state index contributed by atoms with van der Waals surface area (Å²) in [5, 5.41) is 6.71. The Morgan fingerprint density at radius 1 is 1.19 bits per heavy atom. The number of benzene rings is 1. The second-order valence-electron chi connectivity index (χ2n) is 6.81. The second kappa shape index (κ2) is 13.1. The fourth-order valence-electron chi connectivity index (χ4n) is 2.43. The van der Waals surface area contributed by atoms with Crippen molar-refractivity contribution >= 4 is 11.9 Å². The number of nitrogens with zero attached hydrogens (tertiary/aromatic N) is 3. The normalized spacial score (nSPS) is 12.7. The number of amides is 1. The van der Waals surface area contributed by atoms with Gasteiger partial charge in [-0.25, -0.2) is 4.99 Å². The number of methoxy groups -OCH3 is 1. The number of rotatable bonds is 11. The van der Waals surface area contributed by atoms with Crippen LogP contribution in [0.25, 0.3) is 0 Å². The van der Waals surface area contributed by atoms with Gasteiger partial charge in [0.05, 0.1) is 6.04 Å². The maximum atomic E-state index is 11.9. The Hall–Kier alpha value is -2.12. The van der Waals surface area contributed by atoms with Crippen molar-refractivity contribution in [2.24, 2.45) is 4.99 Å². The van der Waals surface area contributed by atoms with Crippen LogP contribution in [0.15, 0.2) is 35.3 Å². The van der Waals surface area contributed by atoms with Crippen LogP contribution >= 0.6 is 0 Å². The van der Waals surface area contributed by atoms with Crippen LogP contribution in [0, 0.1) is 0 Å². The predicted molar refractivity (Wildman–Crippen MR) is 111 cm³/mol. The van der Waals surface area contributed by atoms with Gasteiger partial charge in [0, 0.05) is 47.4 Å². The van der Waals surface area contributed by atoms with E-state index in [1.54, 1.807) is 26.1 Å². The van der Waals surface area contributed by atoms with E-state index in [2.05, 4.69) is 46.6 Å². The molecule has 1 rings (SSSR count). The molecular weight excluding hydrogens is 342 g/mol. The van der Waals surface area contributed by atoms with E-state index in [1.165, 1.54) is 5.56 Å². The molecule has 0 saturated heterocycles. The molecule has 1 unspecified atom stereocenters. The van der Waals surface area contributed by atoms with Crippen LogP contribution in [-0.4, -0.2) is 82.7 Å². The zero-order chi connectivity index (χ0) is 20.1. The maximum absolute atomic E-state index is 11.9. The lowest BCUT2D eigenvalue weighted by molar-refractivity contribution is -0.127. The molecule has 0 fully saturated rings. The number of ether oxygens (including phenoxy) is 1. The summed E-state index contributed by atoms with van der Waals surface area (Å²) in [4.78, 5) is 20.1. The minimum atomic E-state index is -0.0276. The number of hydrogen-bond donors (Lipinski definition) is 2. The molecule has 1 aromatic carbocycles. The molecular formula is C20H35N5O2. The van der Waals surface area contributed by atoms with Gasteiger partial charge in [-0.2, -0.15) is 0 Å². The standard InChI is InChI=1S/C20H35N5O2/c1-17(18-10-7-6-8-11-18)23-20(22-16-19(26)24(2)3)21-12-14-25(4)13-9-15-27-5/h6-8,10-11,17H,9,12-16H2,1-5H3,(H2,21,22,23). The zero-order valence-corrected chi connectivity index (χ0v) is 17.4. The van der Waals surface area contributed by atoms with E-state index in [9.17, 15) is 4.79 Å². The summed E-state index contributed by atoms with van der Waals surface area (Å²) in [6.45, 7) is 5.58. The first-order valence-corrected chi connectivity index (χ1v) is 9.41. The number of hydrogen-bond acceptors (Lipinski definition) is 4. The molecule has 0 aliphatic rings. The van der Waals surface area contributed by atoms with E-state index >= 15 is 0 Å². The summed E-state index contributed by atoms with van der Waals surface area (Å²) in [6.07, 6.45) is 1.01. The molecule has 1 atom stereocenters. The maximum Gasteiger partial charge on any atom is 0.243 e. The van der Waals surface area contributed by atoms with Gasteiger partial charge in [0.15, 0.2) is 5.96 Å². The molecule has 1 aromatic rings. The van der Waals surface area contributed by atoms with Crippen molar-refractivity contribution in [3.05, 3.63) is 35.9 Å². The first-order chi connectivity index (χ1) is 12.9. The number of carbonyl (C=O) groups excluding carboxylic acids is 1. The fraction of sp³-hybridized carbons (Fsp3) is 0.600. The fourth-order valence-corrected chi connectivity index (χ4v) is 2.43. The summed E-state index contributed by atoms with van der Waals surface area (Å²) in [7, 11) is 7.28. The third-order valence-corrected chi connectivity index (χ3v) is 4.20. The Morgan fingerprint density at radius 2 is 1.89 bits per heavy atom. The third-order valence-electron chi connectivity index (χ3n) is 4.20. The van der Waals surface area contributed by atoms with E-state index in [0.29, 0.717) is 5.96 Å². The minimum absolute atomic E-state index is 0.0276. The van der Waals surface area contributed by atoms with Crippen molar-refractivity contribution in [2.45, 2.75) is 19.4 Å². The van der Waals surface area contributed by atoms with Crippen LogP contribution in [0.1, 0.15) is 24.9 Å². The highest BCUT2D eigenvalue weighted by molar-refractivity contribution is 5.85. The Kier molecular flexibility index (Phi) is 11.1. The van der Waals surface area contributed by atoms with Crippen LogP contribution in [0.2, 0.25) is 0 Å². The van der Waals surface area contributed by atoms with Crippen molar-refractivity contribution in [3.8, 4) is 0 Å². The van der Waals surface area contributed by atoms with Gasteiger partial charge in [0.1, 0.15) is 6.54 Å². The van der Waals surface area contributed by atoms with Gasteiger partial charge >= 0.3 is 0 Å². The van der Waals surface area contributed by atoms with Crippen molar-refractivity contribution in [1.82, 2.24) is 20.4 Å². The lowest BCUT2D eigenvalue weighted by Crippen LogP contribution is -2.42. The van der Waals surface area contributed by atoms with Gasteiger partial charge in [0.2, 0.25) is 5.91 Å². The highest BCUT2D eigenvalue weighted by atomic mass is 16.5. The SMILES string of the molecule is COCCCN(C)CCNC(=NCC(=O)N(C)C)NC(C)c1ccccc1. The quantitative estimate of drug-likeness (QED) is 0.346. The lowest BCUT2D eigenvalue weighted by Gasteiger charge is -2.21. The highest BCUT2D eigenvalue weighted by Crippen LogP contribution is 2.10. The number of carbonyl (C=O) groups is 1. The molecule has 152 valence electrons. The minimum Gasteiger partial charge on any atom is -0.385 e. The monoisotopic (exact) mass is 377 g/mol. The summed E-state index contributed by atoms with van der Waals surface area (Å²) in [6, 6.07) is 10.3. The predicted octanol–water partition coefficient (Wildman–Crippen LogP) is 1.34. The van der Waals surface area contributed by atoms with Gasteiger partial charge in [-0.1, -0.05) is 30.3 Å². The average molecular weight is 378 g/mol. The second-order valence-corrected chi connectivity index (χ2v) is 6.81. The summed E-state index contributed by atoms with van der Waals surface area (Å²) in [5.41, 5.74) is 1.17. The molecule has 0 bridgehead atoms. The first kappa shape index (κ1) is 22.9. The molecule has 0 aliphatic carbocycles. The van der Waals surface area contributed by atoms with Crippen LogP contribution in [0.3, 0.4) is 0 Å². The average Bonchev–Trinajstić information content (AvgIpc) is 2.66. The zero-order valence-electron chi connectivity index (χ0n) is 17.4. The van der Waals surface area contributed by atoms with Crippen molar-refractivity contribution in [2.75, 3.05) is 61.0 Å². The van der Waals surface area contributed by atoms with E-state index in [4.69, 9.17) is 4.74 Å². The van der Waals surface area contributed by atoms with E-state index in [-0.39, 0.29) is 18.5 Å².